The highest BCUT2D eigenvalue weighted by Gasteiger charge is 2.55. The van der Waals surface area contributed by atoms with Crippen LogP contribution in [0.15, 0.2) is 30.3 Å². The summed E-state index contributed by atoms with van der Waals surface area (Å²) < 4.78 is 5.58. The highest BCUT2D eigenvalue weighted by Crippen LogP contribution is 2.38. The smallest absolute Gasteiger partial charge is 0.325 e. The molecule has 7 nitrogen and oxygen atoms in total. The van der Waals surface area contributed by atoms with E-state index in [0.717, 1.165) is 29.7 Å². The van der Waals surface area contributed by atoms with Crippen molar-refractivity contribution < 1.29 is 19.1 Å². The quantitative estimate of drug-likeness (QED) is 0.529. The fraction of sp³-hybridized carbons (Fsp3) is 0.571. The molecule has 0 unspecified atom stereocenters. The number of hydrogen-bond acceptors (Lipinski definition) is 4. The molecule has 3 rings (SSSR count). The van der Waals surface area contributed by atoms with Crippen LogP contribution in [0.2, 0.25) is 0 Å². The zero-order chi connectivity index (χ0) is 20.0. The van der Waals surface area contributed by atoms with Gasteiger partial charge < -0.3 is 15.4 Å². The second kappa shape index (κ2) is 9.19. The molecule has 1 aromatic carbocycles. The van der Waals surface area contributed by atoms with Crippen molar-refractivity contribution in [2.75, 3.05) is 19.7 Å². The normalized spacial score (nSPS) is 24.5. The maximum atomic E-state index is 12.8. The molecule has 1 saturated carbocycles. The number of nitrogens with zero attached hydrogens (tertiary/aromatic N) is 1. The minimum atomic E-state index is -0.819. The first-order valence-electron chi connectivity index (χ1n) is 10.1. The Morgan fingerprint density at radius 3 is 2.82 bits per heavy atom. The second-order valence-corrected chi connectivity index (χ2v) is 7.68. The lowest BCUT2D eigenvalue weighted by atomic mass is 9.73. The number of rotatable bonds is 8. The van der Waals surface area contributed by atoms with Crippen LogP contribution in [0, 0.1) is 5.92 Å². The molecule has 2 atom stereocenters. The summed E-state index contributed by atoms with van der Waals surface area (Å²) in [5.74, 6) is -0.495. The van der Waals surface area contributed by atoms with Gasteiger partial charge in [0.15, 0.2) is 0 Å². The molecule has 1 heterocycles. The summed E-state index contributed by atoms with van der Waals surface area (Å²) in [5.41, 5.74) is 0.289. The molecule has 1 spiro atoms. The number of carbonyl (C=O) groups is 3. The van der Waals surface area contributed by atoms with E-state index in [0.29, 0.717) is 32.6 Å². The minimum Gasteiger partial charge on any atom is -0.377 e. The predicted octanol–water partition coefficient (Wildman–Crippen LogP) is 2.21. The van der Waals surface area contributed by atoms with Gasteiger partial charge >= 0.3 is 6.03 Å². The third kappa shape index (κ3) is 4.52. The van der Waals surface area contributed by atoms with Crippen LogP contribution in [0.25, 0.3) is 0 Å². The van der Waals surface area contributed by atoms with E-state index in [4.69, 9.17) is 4.74 Å². The van der Waals surface area contributed by atoms with Crippen molar-refractivity contribution in [2.45, 2.75) is 51.2 Å². The minimum absolute atomic E-state index is 0.0903. The molecule has 28 heavy (non-hydrogen) atoms. The van der Waals surface area contributed by atoms with Crippen molar-refractivity contribution >= 4 is 17.8 Å². The molecule has 2 aliphatic rings. The van der Waals surface area contributed by atoms with Crippen LogP contribution in [0.1, 0.15) is 44.6 Å². The van der Waals surface area contributed by atoms with E-state index >= 15 is 0 Å². The Morgan fingerprint density at radius 2 is 2.07 bits per heavy atom. The van der Waals surface area contributed by atoms with Crippen LogP contribution in [0.4, 0.5) is 4.79 Å². The summed E-state index contributed by atoms with van der Waals surface area (Å²) in [4.78, 5) is 38.3. The monoisotopic (exact) mass is 387 g/mol. The number of hydrogen-bond donors (Lipinski definition) is 2. The number of carbonyl (C=O) groups excluding carboxylic acids is 3. The molecule has 1 aliphatic carbocycles. The molecule has 1 aliphatic heterocycles. The lowest BCUT2D eigenvalue weighted by Crippen LogP contribution is -2.54. The predicted molar refractivity (Wildman–Crippen MR) is 104 cm³/mol. The Kier molecular flexibility index (Phi) is 6.67. The topological polar surface area (TPSA) is 87.7 Å². The number of benzene rings is 1. The van der Waals surface area contributed by atoms with Gasteiger partial charge in [0, 0.05) is 13.2 Å². The van der Waals surface area contributed by atoms with Gasteiger partial charge in [-0.1, -0.05) is 50.1 Å². The third-order valence-corrected chi connectivity index (χ3v) is 5.70. The molecule has 0 bridgehead atoms. The first kappa shape index (κ1) is 20.3. The van der Waals surface area contributed by atoms with Crippen LogP contribution >= 0.6 is 0 Å². The lowest BCUT2D eigenvalue weighted by Gasteiger charge is -2.36. The summed E-state index contributed by atoms with van der Waals surface area (Å²) in [7, 11) is 0. The SMILES string of the molecule is C[C@@H]1CCCC[C@]12NC(=O)N(CC(=O)NCCCOCc1ccccc1)C2=O. The lowest BCUT2D eigenvalue weighted by molar-refractivity contribution is -0.137. The summed E-state index contributed by atoms with van der Waals surface area (Å²) in [6.45, 7) is 3.27. The zero-order valence-corrected chi connectivity index (χ0v) is 16.4. The Balaban J connectivity index is 1.37. The largest absolute Gasteiger partial charge is 0.377 e. The number of imide groups is 1. The molecule has 7 heteroatoms. The van der Waals surface area contributed by atoms with Gasteiger partial charge in [-0.25, -0.2) is 4.79 Å². The van der Waals surface area contributed by atoms with Crippen molar-refractivity contribution in [2.24, 2.45) is 5.92 Å². The number of urea groups is 1. The van der Waals surface area contributed by atoms with E-state index in [1.165, 1.54) is 0 Å². The molecule has 1 aromatic rings. The summed E-state index contributed by atoms with van der Waals surface area (Å²) >= 11 is 0. The summed E-state index contributed by atoms with van der Waals surface area (Å²) in [6, 6.07) is 9.43. The maximum absolute atomic E-state index is 12.8. The molecule has 4 amide bonds. The van der Waals surface area contributed by atoms with Crippen molar-refractivity contribution in [3.63, 3.8) is 0 Å². The highest BCUT2D eigenvalue weighted by atomic mass is 16.5. The van der Waals surface area contributed by atoms with E-state index in [2.05, 4.69) is 10.6 Å². The van der Waals surface area contributed by atoms with Gasteiger partial charge in [0.05, 0.1) is 6.61 Å². The van der Waals surface area contributed by atoms with Gasteiger partial charge in [0.2, 0.25) is 5.91 Å². The standard InChI is InChI=1S/C21H29N3O4/c1-16-8-5-6-11-21(16)19(26)24(20(27)23-21)14-18(25)22-12-7-13-28-15-17-9-3-2-4-10-17/h2-4,9-10,16H,5-8,11-15H2,1H3,(H,22,25)(H,23,27)/t16-,21+/m1/s1. The number of ether oxygens (including phenoxy) is 1. The van der Waals surface area contributed by atoms with Gasteiger partial charge in [0.25, 0.3) is 5.91 Å². The molecule has 1 saturated heterocycles. The van der Waals surface area contributed by atoms with E-state index in [1.807, 2.05) is 37.3 Å². The Labute approximate surface area is 165 Å². The van der Waals surface area contributed by atoms with E-state index in [1.54, 1.807) is 0 Å². The molecular weight excluding hydrogens is 358 g/mol. The number of nitrogens with one attached hydrogen (secondary N) is 2. The van der Waals surface area contributed by atoms with Gasteiger partial charge in [-0.15, -0.1) is 0 Å². The van der Waals surface area contributed by atoms with Crippen LogP contribution in [0.3, 0.4) is 0 Å². The molecule has 2 fully saturated rings. The average molecular weight is 387 g/mol. The van der Waals surface area contributed by atoms with Crippen LogP contribution in [0.5, 0.6) is 0 Å². The van der Waals surface area contributed by atoms with Crippen molar-refractivity contribution in [1.29, 1.82) is 0 Å². The Morgan fingerprint density at radius 1 is 1.29 bits per heavy atom. The van der Waals surface area contributed by atoms with Gasteiger partial charge in [-0.3, -0.25) is 14.5 Å². The molecule has 2 N–H and O–H groups in total. The average Bonchev–Trinajstić information content (AvgIpc) is 2.93. The van der Waals surface area contributed by atoms with Crippen LogP contribution in [-0.2, 0) is 20.9 Å². The maximum Gasteiger partial charge on any atom is 0.325 e. The molecular formula is C21H29N3O4. The fourth-order valence-electron chi connectivity index (χ4n) is 4.00. The molecule has 0 aromatic heterocycles. The van der Waals surface area contributed by atoms with Gasteiger partial charge in [0.1, 0.15) is 12.1 Å². The number of amides is 4. The van der Waals surface area contributed by atoms with Gasteiger partial charge in [-0.05, 0) is 30.7 Å². The van der Waals surface area contributed by atoms with Crippen molar-refractivity contribution in [3.8, 4) is 0 Å². The van der Waals surface area contributed by atoms with E-state index < -0.39 is 11.6 Å². The van der Waals surface area contributed by atoms with Gasteiger partial charge in [-0.2, -0.15) is 0 Å². The highest BCUT2D eigenvalue weighted by molar-refractivity contribution is 6.09. The zero-order valence-electron chi connectivity index (χ0n) is 16.4. The third-order valence-electron chi connectivity index (χ3n) is 5.70. The summed E-state index contributed by atoms with van der Waals surface area (Å²) in [6.07, 6.45) is 4.21. The van der Waals surface area contributed by atoms with Crippen molar-refractivity contribution in [3.05, 3.63) is 35.9 Å². The molecule has 152 valence electrons. The summed E-state index contributed by atoms with van der Waals surface area (Å²) in [5, 5.41) is 5.62. The Bertz CT molecular complexity index is 709. The first-order chi connectivity index (χ1) is 13.5. The van der Waals surface area contributed by atoms with Crippen molar-refractivity contribution in [1.82, 2.24) is 15.5 Å². The fourth-order valence-corrected chi connectivity index (χ4v) is 4.00. The van der Waals surface area contributed by atoms with E-state index in [-0.39, 0.29) is 24.3 Å². The second-order valence-electron chi connectivity index (χ2n) is 7.68. The van der Waals surface area contributed by atoms with Crippen LogP contribution in [-0.4, -0.2) is 48.0 Å². The Hall–Kier alpha value is -2.41. The molecule has 0 radical (unpaired) electrons. The first-order valence-corrected chi connectivity index (χ1v) is 10.1. The van der Waals surface area contributed by atoms with E-state index in [9.17, 15) is 14.4 Å². The van der Waals surface area contributed by atoms with Crippen LogP contribution < -0.4 is 10.6 Å².